The molecule has 2 N–H and O–H groups in total. The van der Waals surface area contributed by atoms with E-state index in [9.17, 15) is 0 Å². The fourth-order valence-electron chi connectivity index (χ4n) is 3.71. The van der Waals surface area contributed by atoms with E-state index in [1.165, 1.54) is 45.1 Å². The molecule has 1 aromatic rings. The minimum Gasteiger partial charge on any atom is -0.361 e. The van der Waals surface area contributed by atoms with E-state index in [4.69, 9.17) is 4.52 Å². The van der Waals surface area contributed by atoms with Crippen LogP contribution in [0.5, 0.6) is 0 Å². The van der Waals surface area contributed by atoms with E-state index in [0.717, 1.165) is 30.0 Å². The molecule has 1 aliphatic heterocycles. The largest absolute Gasteiger partial charge is 0.361 e. The Labute approximate surface area is 115 Å². The van der Waals surface area contributed by atoms with Crippen LogP contribution in [0, 0.1) is 12.8 Å². The number of nitrogens with one attached hydrogen (secondary N) is 2. The van der Waals surface area contributed by atoms with Crippen LogP contribution in [0.3, 0.4) is 0 Å². The van der Waals surface area contributed by atoms with Crippen molar-refractivity contribution < 1.29 is 4.52 Å². The van der Waals surface area contributed by atoms with E-state index in [1.807, 2.05) is 13.0 Å². The van der Waals surface area contributed by atoms with Crippen LogP contribution in [0.2, 0.25) is 0 Å². The molecular formula is C15H25N3O. The maximum atomic E-state index is 5.13. The van der Waals surface area contributed by atoms with Gasteiger partial charge >= 0.3 is 0 Å². The van der Waals surface area contributed by atoms with Gasteiger partial charge in [-0.15, -0.1) is 0 Å². The van der Waals surface area contributed by atoms with Crippen molar-refractivity contribution in [3.8, 4) is 0 Å². The van der Waals surface area contributed by atoms with Crippen molar-refractivity contribution in [2.45, 2.75) is 64.1 Å². The van der Waals surface area contributed by atoms with Crippen LogP contribution >= 0.6 is 0 Å². The first-order valence-corrected chi connectivity index (χ1v) is 7.72. The van der Waals surface area contributed by atoms with Crippen LogP contribution in [-0.2, 0) is 6.54 Å². The van der Waals surface area contributed by atoms with Crippen molar-refractivity contribution in [1.82, 2.24) is 15.8 Å². The molecule has 2 fully saturated rings. The third-order valence-corrected chi connectivity index (χ3v) is 4.66. The van der Waals surface area contributed by atoms with Crippen molar-refractivity contribution in [3.05, 3.63) is 17.5 Å². The van der Waals surface area contributed by atoms with Crippen LogP contribution in [0.1, 0.15) is 50.0 Å². The molecule has 1 aromatic heterocycles. The van der Waals surface area contributed by atoms with E-state index in [2.05, 4.69) is 15.8 Å². The van der Waals surface area contributed by atoms with Gasteiger partial charge in [0.1, 0.15) is 5.76 Å². The average molecular weight is 263 g/mol. The van der Waals surface area contributed by atoms with E-state index >= 15 is 0 Å². The summed E-state index contributed by atoms with van der Waals surface area (Å²) < 4.78 is 5.13. The Hall–Kier alpha value is -0.870. The lowest BCUT2D eigenvalue weighted by Crippen LogP contribution is -2.46. The van der Waals surface area contributed by atoms with Gasteiger partial charge < -0.3 is 15.2 Å². The third kappa shape index (κ3) is 3.18. The minimum absolute atomic E-state index is 0.640. The standard InChI is InChI=1S/C15H25N3O/c1-11-9-12(18-19-11)10-17-15-6-3-2-5-13(15)14-7-4-8-16-14/h9,13-17H,2-8,10H2,1H3. The summed E-state index contributed by atoms with van der Waals surface area (Å²) in [6.07, 6.45) is 8.12. The van der Waals surface area contributed by atoms with Gasteiger partial charge in [0.2, 0.25) is 0 Å². The number of rotatable bonds is 4. The molecule has 4 nitrogen and oxygen atoms in total. The molecule has 4 heteroatoms. The zero-order valence-electron chi connectivity index (χ0n) is 11.8. The van der Waals surface area contributed by atoms with Crippen molar-refractivity contribution in [2.24, 2.45) is 5.92 Å². The fourth-order valence-corrected chi connectivity index (χ4v) is 3.71. The summed E-state index contributed by atoms with van der Waals surface area (Å²) in [4.78, 5) is 0. The first-order valence-electron chi connectivity index (χ1n) is 7.72. The Morgan fingerprint density at radius 1 is 1.32 bits per heavy atom. The topological polar surface area (TPSA) is 50.1 Å². The fraction of sp³-hybridized carbons (Fsp3) is 0.800. The predicted octanol–water partition coefficient (Wildman–Crippen LogP) is 2.38. The van der Waals surface area contributed by atoms with Crippen molar-refractivity contribution in [2.75, 3.05) is 6.54 Å². The van der Waals surface area contributed by atoms with Gasteiger partial charge in [0.05, 0.1) is 5.69 Å². The van der Waals surface area contributed by atoms with Gasteiger partial charge in [0.15, 0.2) is 0 Å². The maximum Gasteiger partial charge on any atom is 0.133 e. The van der Waals surface area contributed by atoms with Crippen molar-refractivity contribution in [1.29, 1.82) is 0 Å². The third-order valence-electron chi connectivity index (χ3n) is 4.66. The lowest BCUT2D eigenvalue weighted by molar-refractivity contribution is 0.212. The van der Waals surface area contributed by atoms with Gasteiger partial charge in [-0.25, -0.2) is 0 Å². The summed E-state index contributed by atoms with van der Waals surface area (Å²) in [7, 11) is 0. The molecule has 3 atom stereocenters. The van der Waals surface area contributed by atoms with Gasteiger partial charge in [0.25, 0.3) is 0 Å². The summed E-state index contributed by atoms with van der Waals surface area (Å²) >= 11 is 0. The second-order valence-electron chi connectivity index (χ2n) is 6.07. The van der Waals surface area contributed by atoms with Crippen LogP contribution in [0.15, 0.2) is 10.6 Å². The number of nitrogens with zero attached hydrogens (tertiary/aromatic N) is 1. The molecule has 0 spiro atoms. The molecule has 19 heavy (non-hydrogen) atoms. The number of aryl methyl sites for hydroxylation is 1. The Bertz CT molecular complexity index is 398. The number of aromatic nitrogens is 1. The molecular weight excluding hydrogens is 238 g/mol. The summed E-state index contributed by atoms with van der Waals surface area (Å²) in [6, 6.07) is 3.40. The van der Waals surface area contributed by atoms with Crippen molar-refractivity contribution >= 4 is 0 Å². The van der Waals surface area contributed by atoms with E-state index in [-0.39, 0.29) is 0 Å². The Morgan fingerprint density at radius 2 is 2.21 bits per heavy atom. The van der Waals surface area contributed by atoms with Crippen molar-refractivity contribution in [3.63, 3.8) is 0 Å². The molecule has 0 bridgehead atoms. The summed E-state index contributed by atoms with van der Waals surface area (Å²) in [6.45, 7) is 3.99. The molecule has 0 radical (unpaired) electrons. The first-order chi connectivity index (χ1) is 9.33. The smallest absolute Gasteiger partial charge is 0.133 e. The molecule has 1 aliphatic carbocycles. The second-order valence-corrected chi connectivity index (χ2v) is 6.07. The molecule has 1 saturated carbocycles. The minimum atomic E-state index is 0.640. The molecule has 2 aliphatic rings. The van der Waals surface area contributed by atoms with Gasteiger partial charge in [-0.3, -0.25) is 0 Å². The molecule has 3 rings (SSSR count). The summed E-state index contributed by atoms with van der Waals surface area (Å²) in [5.41, 5.74) is 1.03. The van der Waals surface area contributed by atoms with E-state index in [1.54, 1.807) is 0 Å². The summed E-state index contributed by atoms with van der Waals surface area (Å²) in [5.74, 6) is 1.69. The van der Waals surface area contributed by atoms with Gasteiger partial charge in [-0.1, -0.05) is 18.0 Å². The monoisotopic (exact) mass is 263 g/mol. The molecule has 1 saturated heterocycles. The number of hydrogen-bond acceptors (Lipinski definition) is 4. The predicted molar refractivity (Wildman–Crippen MR) is 74.9 cm³/mol. The highest BCUT2D eigenvalue weighted by Crippen LogP contribution is 2.30. The molecule has 0 amide bonds. The van der Waals surface area contributed by atoms with Gasteiger partial charge in [-0.2, -0.15) is 0 Å². The quantitative estimate of drug-likeness (QED) is 0.875. The number of hydrogen-bond donors (Lipinski definition) is 2. The average Bonchev–Trinajstić information content (AvgIpc) is 3.08. The first kappa shape index (κ1) is 13.1. The highest BCUT2D eigenvalue weighted by molar-refractivity contribution is 5.03. The van der Waals surface area contributed by atoms with Crippen LogP contribution in [-0.4, -0.2) is 23.8 Å². The van der Waals surface area contributed by atoms with E-state index in [0.29, 0.717) is 6.04 Å². The summed E-state index contributed by atoms with van der Waals surface area (Å²) in [5, 5.41) is 11.5. The lowest BCUT2D eigenvalue weighted by Gasteiger charge is -2.36. The highest BCUT2D eigenvalue weighted by Gasteiger charge is 2.32. The Kier molecular flexibility index (Phi) is 4.18. The van der Waals surface area contributed by atoms with Crippen LogP contribution in [0.4, 0.5) is 0 Å². The zero-order valence-corrected chi connectivity index (χ0v) is 11.8. The van der Waals surface area contributed by atoms with E-state index < -0.39 is 0 Å². The SMILES string of the molecule is Cc1cc(CNC2CCCCC2C2CCCN2)no1. The molecule has 3 unspecified atom stereocenters. The Morgan fingerprint density at radius 3 is 2.95 bits per heavy atom. The van der Waals surface area contributed by atoms with Gasteiger partial charge in [0, 0.05) is 24.7 Å². The normalized spacial score (nSPS) is 31.7. The van der Waals surface area contributed by atoms with Gasteiger partial charge in [-0.05, 0) is 45.1 Å². The second kappa shape index (κ2) is 6.06. The maximum absolute atomic E-state index is 5.13. The van der Waals surface area contributed by atoms with Crippen LogP contribution < -0.4 is 10.6 Å². The molecule has 0 aromatic carbocycles. The highest BCUT2D eigenvalue weighted by atomic mass is 16.5. The lowest BCUT2D eigenvalue weighted by atomic mass is 9.79. The Balaban J connectivity index is 1.57. The molecule has 2 heterocycles. The molecule has 106 valence electrons. The zero-order chi connectivity index (χ0) is 13.1. The van der Waals surface area contributed by atoms with Crippen LogP contribution in [0.25, 0.3) is 0 Å².